The van der Waals surface area contributed by atoms with Gasteiger partial charge in [0.15, 0.2) is 0 Å². The molecule has 17 heavy (non-hydrogen) atoms. The van der Waals surface area contributed by atoms with Gasteiger partial charge in [0.1, 0.15) is 0 Å². The highest BCUT2D eigenvalue weighted by molar-refractivity contribution is 5.55. The molecule has 0 fully saturated rings. The minimum atomic E-state index is 0.660. The Morgan fingerprint density at radius 3 is 2.24 bits per heavy atom. The quantitative estimate of drug-likeness (QED) is 0.771. The molecule has 0 N–H and O–H groups in total. The summed E-state index contributed by atoms with van der Waals surface area (Å²) in [6.45, 7) is 15.3. The first-order valence-electron chi connectivity index (χ1n) is 6.71. The van der Waals surface area contributed by atoms with Crippen molar-refractivity contribution in [3.8, 4) is 0 Å². The lowest BCUT2D eigenvalue weighted by atomic mass is 10.0. The molecule has 0 amide bonds. The first-order chi connectivity index (χ1) is 7.99. The van der Waals surface area contributed by atoms with Crippen molar-refractivity contribution < 1.29 is 0 Å². The third-order valence-corrected chi connectivity index (χ3v) is 3.18. The van der Waals surface area contributed by atoms with Gasteiger partial charge in [0, 0.05) is 30.2 Å². The monoisotopic (exact) mass is 234 g/mol. The maximum Gasteiger partial charge on any atom is 0.0459 e. The number of pyridine rings is 1. The van der Waals surface area contributed by atoms with Crippen molar-refractivity contribution in [1.82, 2.24) is 4.98 Å². The molecule has 0 saturated heterocycles. The van der Waals surface area contributed by atoms with Crippen molar-refractivity contribution in [3.05, 3.63) is 23.0 Å². The molecule has 0 spiro atoms. The number of aryl methyl sites for hydroxylation is 1. The highest BCUT2D eigenvalue weighted by Crippen LogP contribution is 2.24. The van der Waals surface area contributed by atoms with Gasteiger partial charge in [-0.05, 0) is 51.7 Å². The van der Waals surface area contributed by atoms with Crippen molar-refractivity contribution in [2.75, 3.05) is 18.0 Å². The van der Waals surface area contributed by atoms with Crippen LogP contribution in [0.1, 0.15) is 44.6 Å². The lowest BCUT2D eigenvalue weighted by Crippen LogP contribution is -2.23. The molecule has 0 aromatic carbocycles. The SMILES string of the molecule is CCN(CC)c1cc(C)nc(CC(C)C)c1C. The van der Waals surface area contributed by atoms with Crippen LogP contribution in [0.25, 0.3) is 0 Å². The van der Waals surface area contributed by atoms with Crippen LogP contribution < -0.4 is 4.90 Å². The zero-order valence-electron chi connectivity index (χ0n) is 12.2. The fourth-order valence-corrected chi connectivity index (χ4v) is 2.26. The summed E-state index contributed by atoms with van der Waals surface area (Å²) in [6.07, 6.45) is 1.07. The highest BCUT2D eigenvalue weighted by Gasteiger charge is 2.12. The van der Waals surface area contributed by atoms with Crippen molar-refractivity contribution in [2.24, 2.45) is 5.92 Å². The van der Waals surface area contributed by atoms with Crippen LogP contribution in [0.4, 0.5) is 5.69 Å². The summed E-state index contributed by atoms with van der Waals surface area (Å²) in [5.74, 6) is 0.660. The van der Waals surface area contributed by atoms with Crippen LogP contribution in [-0.4, -0.2) is 18.1 Å². The first kappa shape index (κ1) is 14.0. The van der Waals surface area contributed by atoms with Crippen LogP contribution in [0.3, 0.4) is 0 Å². The summed E-state index contributed by atoms with van der Waals surface area (Å²) in [6, 6.07) is 2.21. The normalized spacial score (nSPS) is 11.0. The Balaban J connectivity index is 3.17. The Morgan fingerprint density at radius 2 is 1.76 bits per heavy atom. The lowest BCUT2D eigenvalue weighted by molar-refractivity contribution is 0.630. The Bertz CT molecular complexity index is 365. The summed E-state index contributed by atoms with van der Waals surface area (Å²) in [5.41, 5.74) is 5.11. The Hall–Kier alpha value is -1.05. The van der Waals surface area contributed by atoms with Gasteiger partial charge in [0.2, 0.25) is 0 Å². The number of anilines is 1. The fraction of sp³-hybridized carbons (Fsp3) is 0.667. The van der Waals surface area contributed by atoms with Crippen LogP contribution >= 0.6 is 0 Å². The van der Waals surface area contributed by atoms with Crippen molar-refractivity contribution in [1.29, 1.82) is 0 Å². The predicted octanol–water partition coefficient (Wildman–Crippen LogP) is 3.74. The smallest absolute Gasteiger partial charge is 0.0459 e. The average molecular weight is 234 g/mol. The average Bonchev–Trinajstić information content (AvgIpc) is 2.25. The zero-order chi connectivity index (χ0) is 13.0. The minimum absolute atomic E-state index is 0.660. The number of hydrogen-bond acceptors (Lipinski definition) is 2. The summed E-state index contributed by atoms with van der Waals surface area (Å²) in [4.78, 5) is 7.11. The van der Waals surface area contributed by atoms with Crippen molar-refractivity contribution >= 4 is 5.69 Å². The van der Waals surface area contributed by atoms with Crippen LogP contribution in [0, 0.1) is 19.8 Å². The van der Waals surface area contributed by atoms with Gasteiger partial charge in [-0.3, -0.25) is 4.98 Å². The van der Waals surface area contributed by atoms with Gasteiger partial charge in [-0.15, -0.1) is 0 Å². The van der Waals surface area contributed by atoms with Gasteiger partial charge in [-0.2, -0.15) is 0 Å². The molecule has 1 heterocycles. The molecule has 0 aliphatic carbocycles. The third-order valence-electron chi connectivity index (χ3n) is 3.18. The Morgan fingerprint density at radius 1 is 1.18 bits per heavy atom. The largest absolute Gasteiger partial charge is 0.372 e. The molecule has 0 bridgehead atoms. The standard InChI is InChI=1S/C15H26N2/c1-7-17(8-2)15-10-12(5)16-14(13(15)6)9-11(3)4/h10-11H,7-9H2,1-6H3. The van der Waals surface area contributed by atoms with Gasteiger partial charge < -0.3 is 4.90 Å². The number of nitrogens with zero attached hydrogens (tertiary/aromatic N) is 2. The molecule has 2 heteroatoms. The molecular formula is C15H26N2. The summed E-state index contributed by atoms with van der Waals surface area (Å²) < 4.78 is 0. The van der Waals surface area contributed by atoms with Crippen LogP contribution in [0.5, 0.6) is 0 Å². The van der Waals surface area contributed by atoms with E-state index in [9.17, 15) is 0 Å². The van der Waals surface area contributed by atoms with Gasteiger partial charge in [-0.25, -0.2) is 0 Å². The second-order valence-corrected chi connectivity index (χ2v) is 5.12. The van der Waals surface area contributed by atoms with Crippen LogP contribution in [-0.2, 0) is 6.42 Å². The van der Waals surface area contributed by atoms with E-state index in [-0.39, 0.29) is 0 Å². The number of aromatic nitrogens is 1. The second-order valence-electron chi connectivity index (χ2n) is 5.12. The van der Waals surface area contributed by atoms with E-state index < -0.39 is 0 Å². The van der Waals surface area contributed by atoms with E-state index >= 15 is 0 Å². The van der Waals surface area contributed by atoms with E-state index in [1.807, 2.05) is 0 Å². The molecule has 0 atom stereocenters. The molecule has 0 aliphatic heterocycles. The Labute approximate surface area is 106 Å². The molecule has 0 radical (unpaired) electrons. The molecular weight excluding hydrogens is 208 g/mol. The lowest BCUT2D eigenvalue weighted by Gasteiger charge is -2.25. The minimum Gasteiger partial charge on any atom is -0.372 e. The van der Waals surface area contributed by atoms with Crippen molar-refractivity contribution in [3.63, 3.8) is 0 Å². The maximum atomic E-state index is 4.70. The molecule has 0 unspecified atom stereocenters. The fourth-order valence-electron chi connectivity index (χ4n) is 2.26. The molecule has 0 aliphatic rings. The van der Waals surface area contributed by atoms with E-state index in [4.69, 9.17) is 4.98 Å². The number of hydrogen-bond donors (Lipinski definition) is 0. The van der Waals surface area contributed by atoms with Crippen molar-refractivity contribution in [2.45, 2.75) is 48.0 Å². The molecule has 1 rings (SSSR count). The summed E-state index contributed by atoms with van der Waals surface area (Å²) in [7, 11) is 0. The van der Waals surface area contributed by atoms with Crippen LogP contribution in [0.15, 0.2) is 6.07 Å². The van der Waals surface area contributed by atoms with E-state index in [0.29, 0.717) is 5.92 Å². The van der Waals surface area contributed by atoms with Crippen LogP contribution in [0.2, 0.25) is 0 Å². The topological polar surface area (TPSA) is 16.1 Å². The molecule has 1 aromatic rings. The van der Waals surface area contributed by atoms with E-state index in [1.54, 1.807) is 0 Å². The third kappa shape index (κ3) is 3.45. The highest BCUT2D eigenvalue weighted by atomic mass is 15.1. The summed E-state index contributed by atoms with van der Waals surface area (Å²) in [5, 5.41) is 0. The molecule has 2 nitrogen and oxygen atoms in total. The molecule has 1 aromatic heterocycles. The zero-order valence-corrected chi connectivity index (χ0v) is 12.2. The molecule has 0 saturated carbocycles. The molecule has 96 valence electrons. The van der Waals surface area contributed by atoms with E-state index in [1.165, 1.54) is 16.9 Å². The Kier molecular flexibility index (Phi) is 4.98. The van der Waals surface area contributed by atoms with Gasteiger partial charge in [0.25, 0.3) is 0 Å². The van der Waals surface area contributed by atoms with E-state index in [2.05, 4.69) is 52.5 Å². The summed E-state index contributed by atoms with van der Waals surface area (Å²) >= 11 is 0. The van der Waals surface area contributed by atoms with Gasteiger partial charge >= 0.3 is 0 Å². The first-order valence-corrected chi connectivity index (χ1v) is 6.71. The number of rotatable bonds is 5. The maximum absolute atomic E-state index is 4.70. The van der Waals surface area contributed by atoms with E-state index in [0.717, 1.165) is 25.2 Å². The van der Waals surface area contributed by atoms with Gasteiger partial charge in [-0.1, -0.05) is 13.8 Å². The predicted molar refractivity (Wildman–Crippen MR) is 75.8 cm³/mol. The second kappa shape index (κ2) is 6.04. The van der Waals surface area contributed by atoms with Gasteiger partial charge in [0.05, 0.1) is 0 Å².